The normalized spacial score (nSPS) is 11.5. The first kappa shape index (κ1) is 15.8. The van der Waals surface area contributed by atoms with Crippen molar-refractivity contribution in [2.45, 2.75) is 19.4 Å². The van der Waals surface area contributed by atoms with Gasteiger partial charge in [0.1, 0.15) is 0 Å². The molecule has 0 aromatic heterocycles. The second kappa shape index (κ2) is 7.99. The number of hydrogen-bond acceptors (Lipinski definition) is 5. The molecule has 0 aliphatic carbocycles. The highest BCUT2D eigenvalue weighted by atomic mass is 16.5. The Morgan fingerprint density at radius 1 is 1.11 bits per heavy atom. The lowest BCUT2D eigenvalue weighted by Gasteiger charge is -2.23. The molecule has 0 spiro atoms. The van der Waals surface area contributed by atoms with Gasteiger partial charge in [0.05, 0.1) is 25.4 Å². The predicted octanol–water partition coefficient (Wildman–Crippen LogP) is 1.45. The first-order valence-electron chi connectivity index (χ1n) is 6.55. The molecule has 0 unspecified atom stereocenters. The molecule has 1 aromatic carbocycles. The molecule has 5 heteroatoms. The van der Waals surface area contributed by atoms with Crippen LogP contribution in [0.5, 0.6) is 0 Å². The van der Waals surface area contributed by atoms with Crippen LogP contribution in [0.1, 0.15) is 13.8 Å². The van der Waals surface area contributed by atoms with Crippen molar-refractivity contribution >= 4 is 11.4 Å². The number of nitrogens with one attached hydrogen (secondary N) is 1. The zero-order valence-electron chi connectivity index (χ0n) is 11.8. The average molecular weight is 267 g/mol. The third kappa shape index (κ3) is 7.00. The largest absolute Gasteiger partial charge is 0.399 e. The monoisotopic (exact) mass is 267 g/mol. The van der Waals surface area contributed by atoms with Gasteiger partial charge in [-0.05, 0) is 38.1 Å². The summed E-state index contributed by atoms with van der Waals surface area (Å²) in [7, 11) is 0. The van der Waals surface area contributed by atoms with Crippen LogP contribution in [0, 0.1) is 0 Å². The highest BCUT2D eigenvalue weighted by molar-refractivity contribution is 5.51. The van der Waals surface area contributed by atoms with Gasteiger partial charge in [-0.3, -0.25) is 0 Å². The van der Waals surface area contributed by atoms with E-state index >= 15 is 0 Å². The van der Waals surface area contributed by atoms with E-state index in [1.54, 1.807) is 0 Å². The molecule has 5 nitrogen and oxygen atoms in total. The molecule has 5 N–H and O–H groups in total. The van der Waals surface area contributed by atoms with Crippen LogP contribution in [-0.2, 0) is 9.47 Å². The smallest absolute Gasteiger partial charge is 0.0749 e. The van der Waals surface area contributed by atoms with Crippen LogP contribution in [-0.4, -0.2) is 38.5 Å². The lowest BCUT2D eigenvalue weighted by molar-refractivity contribution is -0.0390. The Labute approximate surface area is 115 Å². The van der Waals surface area contributed by atoms with Crippen LogP contribution in [0.3, 0.4) is 0 Å². The van der Waals surface area contributed by atoms with Gasteiger partial charge in [0.15, 0.2) is 0 Å². The summed E-state index contributed by atoms with van der Waals surface area (Å²) in [5, 5.41) is 3.25. The third-order valence-electron chi connectivity index (χ3n) is 2.70. The quantitative estimate of drug-likeness (QED) is 0.466. The van der Waals surface area contributed by atoms with Gasteiger partial charge in [0.25, 0.3) is 0 Å². The Kier molecular flexibility index (Phi) is 6.62. The average Bonchev–Trinajstić information content (AvgIpc) is 2.40. The second-order valence-corrected chi connectivity index (χ2v) is 4.97. The van der Waals surface area contributed by atoms with E-state index in [-0.39, 0.29) is 5.60 Å². The Morgan fingerprint density at radius 3 is 2.42 bits per heavy atom. The Balaban J connectivity index is 2.01. The van der Waals surface area contributed by atoms with Crippen molar-refractivity contribution in [2.24, 2.45) is 5.73 Å². The van der Waals surface area contributed by atoms with E-state index in [1.165, 1.54) is 0 Å². The molecular weight excluding hydrogens is 242 g/mol. The molecule has 0 saturated heterocycles. The van der Waals surface area contributed by atoms with Crippen molar-refractivity contribution < 1.29 is 9.47 Å². The summed E-state index contributed by atoms with van der Waals surface area (Å²) in [5.74, 6) is 0. The number of benzene rings is 1. The van der Waals surface area contributed by atoms with Crippen LogP contribution in [0.2, 0.25) is 0 Å². The van der Waals surface area contributed by atoms with Crippen LogP contribution < -0.4 is 16.8 Å². The van der Waals surface area contributed by atoms with Crippen molar-refractivity contribution in [3.05, 3.63) is 24.3 Å². The van der Waals surface area contributed by atoms with Gasteiger partial charge < -0.3 is 26.3 Å². The molecular formula is C14H25N3O2. The second-order valence-electron chi connectivity index (χ2n) is 4.97. The van der Waals surface area contributed by atoms with Gasteiger partial charge in [-0.15, -0.1) is 0 Å². The summed E-state index contributed by atoms with van der Waals surface area (Å²) >= 11 is 0. The lowest BCUT2D eigenvalue weighted by Crippen LogP contribution is -2.35. The van der Waals surface area contributed by atoms with E-state index < -0.39 is 0 Å². The highest BCUT2D eigenvalue weighted by Crippen LogP contribution is 2.09. The fraction of sp³-hybridized carbons (Fsp3) is 0.571. The number of nitrogens with two attached hydrogens (primary N) is 2. The van der Waals surface area contributed by atoms with E-state index in [0.717, 1.165) is 17.9 Å². The van der Waals surface area contributed by atoms with Crippen molar-refractivity contribution in [1.82, 2.24) is 0 Å². The van der Waals surface area contributed by atoms with Gasteiger partial charge >= 0.3 is 0 Å². The van der Waals surface area contributed by atoms with Crippen molar-refractivity contribution in [2.75, 3.05) is 44.0 Å². The molecule has 1 aromatic rings. The van der Waals surface area contributed by atoms with Crippen LogP contribution in [0.15, 0.2) is 24.3 Å². The minimum Gasteiger partial charge on any atom is -0.399 e. The van der Waals surface area contributed by atoms with Crippen molar-refractivity contribution in [3.63, 3.8) is 0 Å². The molecule has 0 amide bonds. The van der Waals surface area contributed by atoms with Gasteiger partial charge in [-0.25, -0.2) is 0 Å². The molecule has 108 valence electrons. The van der Waals surface area contributed by atoms with Gasteiger partial charge in [-0.2, -0.15) is 0 Å². The Bertz CT molecular complexity index is 352. The van der Waals surface area contributed by atoms with Crippen LogP contribution in [0.25, 0.3) is 0 Å². The fourth-order valence-corrected chi connectivity index (χ4v) is 1.41. The molecule has 0 heterocycles. The SMILES string of the molecule is CC(C)(CN)OCCOCCNc1ccc(N)cc1. The number of nitrogen functional groups attached to an aromatic ring is 1. The zero-order chi connectivity index (χ0) is 14.1. The molecule has 0 atom stereocenters. The summed E-state index contributed by atoms with van der Waals surface area (Å²) in [6.45, 7) is 6.97. The minimum atomic E-state index is -0.272. The first-order valence-corrected chi connectivity index (χ1v) is 6.55. The summed E-state index contributed by atoms with van der Waals surface area (Å²) in [6, 6.07) is 7.63. The van der Waals surface area contributed by atoms with E-state index in [4.69, 9.17) is 20.9 Å². The highest BCUT2D eigenvalue weighted by Gasteiger charge is 2.14. The molecule has 1 rings (SSSR count). The predicted molar refractivity (Wildman–Crippen MR) is 79.2 cm³/mol. The Hall–Kier alpha value is -1.30. The van der Waals surface area contributed by atoms with E-state index in [2.05, 4.69) is 5.32 Å². The molecule has 0 aliphatic rings. The molecule has 0 saturated carbocycles. The minimum absolute atomic E-state index is 0.272. The molecule has 0 aliphatic heterocycles. The third-order valence-corrected chi connectivity index (χ3v) is 2.70. The molecule has 19 heavy (non-hydrogen) atoms. The summed E-state index contributed by atoms with van der Waals surface area (Å²) in [6.07, 6.45) is 0. The molecule has 0 radical (unpaired) electrons. The maximum Gasteiger partial charge on any atom is 0.0749 e. The fourth-order valence-electron chi connectivity index (χ4n) is 1.41. The number of rotatable bonds is 9. The molecule has 0 bridgehead atoms. The van der Waals surface area contributed by atoms with Crippen molar-refractivity contribution in [3.8, 4) is 0 Å². The van der Waals surface area contributed by atoms with E-state index in [9.17, 15) is 0 Å². The molecule has 0 fully saturated rings. The maximum absolute atomic E-state index is 5.61. The van der Waals surface area contributed by atoms with E-state index in [0.29, 0.717) is 26.4 Å². The van der Waals surface area contributed by atoms with Crippen LogP contribution in [0.4, 0.5) is 11.4 Å². The number of anilines is 2. The van der Waals surface area contributed by atoms with E-state index in [1.807, 2.05) is 38.1 Å². The van der Waals surface area contributed by atoms with Crippen LogP contribution >= 0.6 is 0 Å². The topological polar surface area (TPSA) is 82.5 Å². The Morgan fingerprint density at radius 2 is 1.79 bits per heavy atom. The lowest BCUT2D eigenvalue weighted by atomic mass is 10.1. The number of ether oxygens (including phenoxy) is 2. The first-order chi connectivity index (χ1) is 9.03. The zero-order valence-corrected chi connectivity index (χ0v) is 11.8. The van der Waals surface area contributed by atoms with Gasteiger partial charge in [0.2, 0.25) is 0 Å². The standard InChI is InChI=1S/C14H25N3O2/c1-14(2,11-15)19-10-9-18-8-7-17-13-5-3-12(16)4-6-13/h3-6,17H,7-11,15-16H2,1-2H3. The summed E-state index contributed by atoms with van der Waals surface area (Å²) < 4.78 is 11.0. The van der Waals surface area contributed by atoms with Crippen molar-refractivity contribution in [1.29, 1.82) is 0 Å². The summed E-state index contributed by atoms with van der Waals surface area (Å²) in [5.41, 5.74) is 12.7. The van der Waals surface area contributed by atoms with Gasteiger partial charge in [0, 0.05) is 24.5 Å². The number of hydrogen-bond donors (Lipinski definition) is 3. The summed E-state index contributed by atoms with van der Waals surface area (Å²) in [4.78, 5) is 0. The van der Waals surface area contributed by atoms with Gasteiger partial charge in [-0.1, -0.05) is 0 Å². The maximum atomic E-state index is 5.61.